The van der Waals surface area contributed by atoms with Gasteiger partial charge in [0, 0.05) is 30.1 Å². The van der Waals surface area contributed by atoms with Gasteiger partial charge in [0.25, 0.3) is 5.91 Å². The van der Waals surface area contributed by atoms with E-state index in [0.29, 0.717) is 36.1 Å². The molecule has 6 nitrogen and oxygen atoms in total. The minimum atomic E-state index is 0.0142. The van der Waals surface area contributed by atoms with Crippen LogP contribution < -0.4 is 15.2 Å². The van der Waals surface area contributed by atoms with Crippen LogP contribution in [-0.4, -0.2) is 42.0 Å². The Balaban J connectivity index is 1.70. The van der Waals surface area contributed by atoms with Crippen molar-refractivity contribution in [2.24, 2.45) is 11.7 Å². The van der Waals surface area contributed by atoms with Crippen LogP contribution in [0.4, 0.5) is 0 Å². The Morgan fingerprint density at radius 2 is 2.26 bits per heavy atom. The first kappa shape index (κ1) is 19.6. The van der Waals surface area contributed by atoms with Crippen LogP contribution in [0.1, 0.15) is 40.8 Å². The van der Waals surface area contributed by atoms with Gasteiger partial charge in [-0.15, -0.1) is 11.3 Å². The van der Waals surface area contributed by atoms with E-state index in [-0.39, 0.29) is 11.9 Å². The third kappa shape index (κ3) is 4.78. The molecule has 0 bridgehead atoms. The van der Waals surface area contributed by atoms with Crippen molar-refractivity contribution in [2.75, 3.05) is 20.2 Å². The van der Waals surface area contributed by atoms with E-state index in [1.165, 1.54) is 0 Å². The third-order valence-electron chi connectivity index (χ3n) is 4.94. The SMILES string of the molecule is COc1cc(C(=O)N2CCC[C@H]([C@H](C)N)C2)ccc1OCc1csc(C)n1. The van der Waals surface area contributed by atoms with Gasteiger partial charge in [0.1, 0.15) is 6.61 Å². The van der Waals surface area contributed by atoms with E-state index in [1.807, 2.05) is 24.1 Å². The molecule has 0 radical (unpaired) electrons. The number of nitrogens with zero attached hydrogens (tertiary/aromatic N) is 2. The van der Waals surface area contributed by atoms with E-state index in [0.717, 1.165) is 30.1 Å². The average molecular weight is 390 g/mol. The van der Waals surface area contributed by atoms with Gasteiger partial charge in [-0.2, -0.15) is 0 Å². The summed E-state index contributed by atoms with van der Waals surface area (Å²) in [6, 6.07) is 5.43. The first-order chi connectivity index (χ1) is 13.0. The molecule has 146 valence electrons. The summed E-state index contributed by atoms with van der Waals surface area (Å²) in [5.41, 5.74) is 7.53. The number of rotatable bonds is 6. The van der Waals surface area contributed by atoms with E-state index < -0.39 is 0 Å². The molecular formula is C20H27N3O3S. The van der Waals surface area contributed by atoms with Crippen molar-refractivity contribution in [1.82, 2.24) is 9.88 Å². The zero-order valence-corrected chi connectivity index (χ0v) is 16.9. The van der Waals surface area contributed by atoms with Gasteiger partial charge < -0.3 is 20.1 Å². The summed E-state index contributed by atoms with van der Waals surface area (Å²) < 4.78 is 11.3. The summed E-state index contributed by atoms with van der Waals surface area (Å²) in [5, 5.41) is 2.98. The van der Waals surface area contributed by atoms with Gasteiger partial charge in [0.15, 0.2) is 11.5 Å². The number of hydrogen-bond acceptors (Lipinski definition) is 6. The maximum atomic E-state index is 12.9. The number of aryl methyl sites for hydroxylation is 1. The summed E-state index contributed by atoms with van der Waals surface area (Å²) >= 11 is 1.59. The Hall–Kier alpha value is -2.12. The first-order valence-corrected chi connectivity index (χ1v) is 10.1. The first-order valence-electron chi connectivity index (χ1n) is 9.24. The molecule has 2 aromatic rings. The molecule has 2 atom stereocenters. The molecule has 27 heavy (non-hydrogen) atoms. The van der Waals surface area contributed by atoms with Crippen LogP contribution in [0.2, 0.25) is 0 Å². The van der Waals surface area contributed by atoms with Gasteiger partial charge in [-0.25, -0.2) is 4.98 Å². The van der Waals surface area contributed by atoms with Crippen LogP contribution in [0, 0.1) is 12.8 Å². The molecule has 0 aliphatic carbocycles. The lowest BCUT2D eigenvalue weighted by Crippen LogP contribution is -2.45. The standard InChI is InChI=1S/C20H27N3O3S/c1-13(21)16-5-4-8-23(10-16)20(24)15-6-7-18(19(9-15)25-3)26-11-17-12-27-14(2)22-17/h6-7,9,12-13,16H,4-5,8,10-11,21H2,1-3H3/t13-,16-/m0/s1. The summed E-state index contributed by atoms with van der Waals surface area (Å²) in [4.78, 5) is 19.2. The second-order valence-electron chi connectivity index (χ2n) is 7.02. The topological polar surface area (TPSA) is 77.7 Å². The van der Waals surface area contributed by atoms with Crippen LogP contribution in [0.5, 0.6) is 11.5 Å². The lowest BCUT2D eigenvalue weighted by molar-refractivity contribution is 0.0660. The molecule has 1 aromatic heterocycles. The second-order valence-corrected chi connectivity index (χ2v) is 8.09. The highest BCUT2D eigenvalue weighted by Gasteiger charge is 2.27. The predicted molar refractivity (Wildman–Crippen MR) is 106 cm³/mol. The summed E-state index contributed by atoms with van der Waals surface area (Å²) in [6.07, 6.45) is 2.07. The van der Waals surface area contributed by atoms with Crippen LogP contribution in [-0.2, 0) is 6.61 Å². The molecule has 0 spiro atoms. The molecule has 7 heteroatoms. The number of hydrogen-bond donors (Lipinski definition) is 1. The molecule has 2 heterocycles. The van der Waals surface area contributed by atoms with E-state index in [4.69, 9.17) is 15.2 Å². The lowest BCUT2D eigenvalue weighted by Gasteiger charge is -2.34. The van der Waals surface area contributed by atoms with E-state index in [9.17, 15) is 4.79 Å². The number of amides is 1. The van der Waals surface area contributed by atoms with Crippen LogP contribution >= 0.6 is 11.3 Å². The molecule has 1 aliphatic rings. The molecular weight excluding hydrogens is 362 g/mol. The van der Waals surface area contributed by atoms with Crippen molar-refractivity contribution in [3.63, 3.8) is 0 Å². The highest BCUT2D eigenvalue weighted by atomic mass is 32.1. The van der Waals surface area contributed by atoms with Crippen molar-refractivity contribution >= 4 is 17.2 Å². The molecule has 1 aliphatic heterocycles. The zero-order chi connectivity index (χ0) is 19.4. The molecule has 2 N–H and O–H groups in total. The van der Waals surface area contributed by atoms with Gasteiger partial charge in [-0.3, -0.25) is 4.79 Å². The van der Waals surface area contributed by atoms with Crippen LogP contribution in [0.15, 0.2) is 23.6 Å². The maximum absolute atomic E-state index is 12.9. The molecule has 3 rings (SSSR count). The van der Waals surface area contributed by atoms with Gasteiger partial charge >= 0.3 is 0 Å². The number of carbonyl (C=O) groups is 1. The molecule has 1 amide bonds. The van der Waals surface area contributed by atoms with E-state index in [1.54, 1.807) is 36.6 Å². The highest BCUT2D eigenvalue weighted by molar-refractivity contribution is 7.09. The summed E-state index contributed by atoms with van der Waals surface area (Å²) in [7, 11) is 1.58. The number of piperidine rings is 1. The van der Waals surface area contributed by atoms with Gasteiger partial charge in [0.05, 0.1) is 17.8 Å². The fraction of sp³-hybridized carbons (Fsp3) is 0.500. The predicted octanol–water partition coefficient (Wildman–Crippen LogP) is 3.24. The number of benzene rings is 1. The minimum Gasteiger partial charge on any atom is -0.493 e. The lowest BCUT2D eigenvalue weighted by atomic mass is 9.92. The average Bonchev–Trinajstić information content (AvgIpc) is 3.11. The van der Waals surface area contributed by atoms with Crippen molar-refractivity contribution in [2.45, 2.75) is 39.3 Å². The van der Waals surface area contributed by atoms with Crippen LogP contribution in [0.3, 0.4) is 0 Å². The Morgan fingerprint density at radius 1 is 1.44 bits per heavy atom. The van der Waals surface area contributed by atoms with Gasteiger partial charge in [-0.1, -0.05) is 0 Å². The van der Waals surface area contributed by atoms with Crippen molar-refractivity contribution in [1.29, 1.82) is 0 Å². The number of aromatic nitrogens is 1. The summed E-state index contributed by atoms with van der Waals surface area (Å²) in [6.45, 7) is 5.82. The van der Waals surface area contributed by atoms with Gasteiger partial charge in [0.2, 0.25) is 0 Å². The van der Waals surface area contributed by atoms with Gasteiger partial charge in [-0.05, 0) is 50.8 Å². The Morgan fingerprint density at radius 3 is 2.93 bits per heavy atom. The number of likely N-dealkylation sites (tertiary alicyclic amines) is 1. The molecule has 0 saturated carbocycles. The summed E-state index contributed by atoms with van der Waals surface area (Å²) in [5.74, 6) is 1.52. The second kappa shape index (κ2) is 8.71. The van der Waals surface area contributed by atoms with Crippen LogP contribution in [0.25, 0.3) is 0 Å². The normalized spacial score (nSPS) is 18.2. The third-order valence-corrected chi connectivity index (χ3v) is 5.76. The number of carbonyl (C=O) groups excluding carboxylic acids is 1. The molecule has 1 saturated heterocycles. The van der Waals surface area contributed by atoms with Crippen molar-refractivity contribution < 1.29 is 14.3 Å². The monoisotopic (exact) mass is 389 g/mol. The van der Waals surface area contributed by atoms with Crippen molar-refractivity contribution in [3.8, 4) is 11.5 Å². The molecule has 0 unspecified atom stereocenters. The number of thiazole rings is 1. The number of methoxy groups -OCH3 is 1. The highest BCUT2D eigenvalue weighted by Crippen LogP contribution is 2.30. The quantitative estimate of drug-likeness (QED) is 0.821. The van der Waals surface area contributed by atoms with E-state index >= 15 is 0 Å². The number of nitrogens with two attached hydrogens (primary N) is 1. The molecule has 1 fully saturated rings. The largest absolute Gasteiger partial charge is 0.493 e. The Labute approximate surface area is 164 Å². The minimum absolute atomic E-state index is 0.0142. The Kier molecular flexibility index (Phi) is 6.34. The van der Waals surface area contributed by atoms with Crippen molar-refractivity contribution in [3.05, 3.63) is 39.8 Å². The maximum Gasteiger partial charge on any atom is 0.254 e. The Bertz CT molecular complexity index is 791. The fourth-order valence-corrected chi connectivity index (χ4v) is 3.95. The smallest absolute Gasteiger partial charge is 0.254 e. The zero-order valence-electron chi connectivity index (χ0n) is 16.1. The van der Waals surface area contributed by atoms with E-state index in [2.05, 4.69) is 4.98 Å². The fourth-order valence-electron chi connectivity index (χ4n) is 3.35. The number of ether oxygens (including phenoxy) is 2. The molecule has 1 aromatic carbocycles.